The molecule has 0 aromatic heterocycles. The van der Waals surface area contributed by atoms with Crippen molar-refractivity contribution in [3.8, 4) is 0 Å². The van der Waals surface area contributed by atoms with Gasteiger partial charge in [-0.3, -0.25) is 4.79 Å². The summed E-state index contributed by atoms with van der Waals surface area (Å²) in [4.78, 5) is 14.2. The van der Waals surface area contributed by atoms with Crippen molar-refractivity contribution in [2.75, 3.05) is 25.5 Å². The second-order valence-electron chi connectivity index (χ2n) is 5.25. The number of aliphatic hydroxyl groups excluding tert-OH is 1. The number of likely N-dealkylation sites (N-methyl/N-ethyl adjacent to an activating group) is 1. The number of benzene rings is 1. The standard InChI is InChI=1S/C15H22N2O2/c1-11(18)8-10-17(2)15(19)13-7-9-16-14-6-4-3-5-12(13)14/h3-6,11,13,16,18H,7-10H2,1-2H3. The molecule has 1 aromatic carbocycles. The number of nitrogens with one attached hydrogen (secondary N) is 1. The predicted molar refractivity (Wildman–Crippen MR) is 76.2 cm³/mol. The molecule has 2 atom stereocenters. The van der Waals surface area contributed by atoms with Crippen molar-refractivity contribution < 1.29 is 9.90 Å². The van der Waals surface area contributed by atoms with Gasteiger partial charge in [0, 0.05) is 25.8 Å². The molecule has 4 nitrogen and oxygen atoms in total. The van der Waals surface area contributed by atoms with Crippen molar-refractivity contribution in [3.63, 3.8) is 0 Å². The Bertz CT molecular complexity index is 446. The molecule has 0 bridgehead atoms. The minimum Gasteiger partial charge on any atom is -0.393 e. The van der Waals surface area contributed by atoms with Crippen LogP contribution >= 0.6 is 0 Å². The number of hydrogen-bond donors (Lipinski definition) is 2. The molecule has 2 rings (SSSR count). The van der Waals surface area contributed by atoms with E-state index in [1.54, 1.807) is 11.8 Å². The lowest BCUT2D eigenvalue weighted by molar-refractivity contribution is -0.131. The molecule has 1 amide bonds. The normalized spacial score (nSPS) is 19.2. The Hall–Kier alpha value is -1.55. The zero-order valence-corrected chi connectivity index (χ0v) is 11.6. The van der Waals surface area contributed by atoms with Gasteiger partial charge in [0.1, 0.15) is 0 Å². The summed E-state index contributed by atoms with van der Waals surface area (Å²) < 4.78 is 0. The number of anilines is 1. The van der Waals surface area contributed by atoms with Crippen LogP contribution in [-0.2, 0) is 4.79 Å². The van der Waals surface area contributed by atoms with E-state index in [0.717, 1.165) is 24.2 Å². The van der Waals surface area contributed by atoms with Crippen molar-refractivity contribution >= 4 is 11.6 Å². The molecule has 0 fully saturated rings. The molecular formula is C15H22N2O2. The summed E-state index contributed by atoms with van der Waals surface area (Å²) in [6, 6.07) is 7.99. The maximum Gasteiger partial charge on any atom is 0.230 e. The molecule has 0 saturated heterocycles. The second-order valence-corrected chi connectivity index (χ2v) is 5.25. The van der Waals surface area contributed by atoms with Crippen LogP contribution in [0.2, 0.25) is 0 Å². The quantitative estimate of drug-likeness (QED) is 0.870. The number of carbonyl (C=O) groups excluding carboxylic acids is 1. The van der Waals surface area contributed by atoms with Crippen LogP contribution in [0, 0.1) is 0 Å². The number of fused-ring (bicyclic) bond motifs is 1. The zero-order valence-electron chi connectivity index (χ0n) is 11.6. The van der Waals surface area contributed by atoms with Crippen molar-refractivity contribution in [1.82, 2.24) is 4.90 Å². The van der Waals surface area contributed by atoms with Gasteiger partial charge in [-0.2, -0.15) is 0 Å². The number of hydrogen-bond acceptors (Lipinski definition) is 3. The summed E-state index contributed by atoms with van der Waals surface area (Å²) in [7, 11) is 1.81. The van der Waals surface area contributed by atoms with Crippen molar-refractivity contribution in [1.29, 1.82) is 0 Å². The molecule has 2 N–H and O–H groups in total. The molecule has 0 aliphatic carbocycles. The maximum atomic E-state index is 12.5. The van der Waals surface area contributed by atoms with Crippen LogP contribution in [0.4, 0.5) is 5.69 Å². The number of para-hydroxylation sites is 1. The third-order valence-electron chi connectivity index (χ3n) is 3.64. The Labute approximate surface area is 114 Å². The van der Waals surface area contributed by atoms with E-state index in [-0.39, 0.29) is 17.9 Å². The van der Waals surface area contributed by atoms with Crippen LogP contribution in [0.3, 0.4) is 0 Å². The molecule has 2 unspecified atom stereocenters. The number of nitrogens with zero attached hydrogens (tertiary/aromatic N) is 1. The van der Waals surface area contributed by atoms with Gasteiger partial charge in [0.25, 0.3) is 0 Å². The Balaban J connectivity index is 2.08. The average Bonchev–Trinajstić information content (AvgIpc) is 2.43. The van der Waals surface area contributed by atoms with Crippen molar-refractivity contribution in [3.05, 3.63) is 29.8 Å². The van der Waals surface area contributed by atoms with E-state index in [2.05, 4.69) is 5.32 Å². The summed E-state index contributed by atoms with van der Waals surface area (Å²) in [6.45, 7) is 3.18. The van der Waals surface area contributed by atoms with Crippen LogP contribution in [0.15, 0.2) is 24.3 Å². The lowest BCUT2D eigenvalue weighted by atomic mass is 9.90. The molecular weight excluding hydrogens is 240 g/mol. The van der Waals surface area contributed by atoms with Crippen molar-refractivity contribution in [2.24, 2.45) is 0 Å². The van der Waals surface area contributed by atoms with E-state index in [1.165, 1.54) is 0 Å². The fraction of sp³-hybridized carbons (Fsp3) is 0.533. The van der Waals surface area contributed by atoms with Gasteiger partial charge < -0.3 is 15.3 Å². The maximum absolute atomic E-state index is 12.5. The first-order valence-electron chi connectivity index (χ1n) is 6.85. The SMILES string of the molecule is CC(O)CCN(C)C(=O)C1CCNc2ccccc21. The first kappa shape index (κ1) is 13.9. The highest BCUT2D eigenvalue weighted by Crippen LogP contribution is 2.32. The van der Waals surface area contributed by atoms with Crippen LogP contribution in [0.5, 0.6) is 0 Å². The van der Waals surface area contributed by atoms with E-state index in [1.807, 2.05) is 31.3 Å². The molecule has 104 valence electrons. The van der Waals surface area contributed by atoms with Crippen LogP contribution < -0.4 is 5.32 Å². The van der Waals surface area contributed by atoms with Crippen LogP contribution in [-0.4, -0.2) is 42.2 Å². The highest BCUT2D eigenvalue weighted by Gasteiger charge is 2.28. The predicted octanol–water partition coefficient (Wildman–Crippen LogP) is 1.82. The third kappa shape index (κ3) is 3.26. The Morgan fingerprint density at radius 1 is 1.53 bits per heavy atom. The Morgan fingerprint density at radius 2 is 2.26 bits per heavy atom. The van der Waals surface area contributed by atoms with Gasteiger partial charge in [0.2, 0.25) is 5.91 Å². The summed E-state index contributed by atoms with van der Waals surface area (Å²) in [6.07, 6.45) is 1.08. The average molecular weight is 262 g/mol. The van der Waals surface area contributed by atoms with Gasteiger partial charge in [0.15, 0.2) is 0 Å². The van der Waals surface area contributed by atoms with Gasteiger partial charge in [-0.1, -0.05) is 18.2 Å². The number of aliphatic hydroxyl groups is 1. The van der Waals surface area contributed by atoms with E-state index in [0.29, 0.717) is 13.0 Å². The van der Waals surface area contributed by atoms with E-state index in [4.69, 9.17) is 0 Å². The first-order chi connectivity index (χ1) is 9.09. The molecule has 0 radical (unpaired) electrons. The van der Waals surface area contributed by atoms with Crippen LogP contribution in [0.25, 0.3) is 0 Å². The fourth-order valence-electron chi connectivity index (χ4n) is 2.48. The van der Waals surface area contributed by atoms with Crippen LogP contribution in [0.1, 0.15) is 31.2 Å². The number of amides is 1. The molecule has 19 heavy (non-hydrogen) atoms. The summed E-state index contributed by atoms with van der Waals surface area (Å²) in [5, 5.41) is 12.6. The summed E-state index contributed by atoms with van der Waals surface area (Å²) in [5.41, 5.74) is 2.15. The topological polar surface area (TPSA) is 52.6 Å². The Kier molecular flexibility index (Phi) is 4.43. The van der Waals surface area contributed by atoms with Gasteiger partial charge in [-0.25, -0.2) is 0 Å². The molecule has 1 aromatic rings. The highest BCUT2D eigenvalue weighted by molar-refractivity contribution is 5.86. The first-order valence-corrected chi connectivity index (χ1v) is 6.85. The second kappa shape index (κ2) is 6.06. The monoisotopic (exact) mass is 262 g/mol. The van der Waals surface area contributed by atoms with Crippen molar-refractivity contribution in [2.45, 2.75) is 31.8 Å². The lowest BCUT2D eigenvalue weighted by Gasteiger charge is -2.29. The summed E-state index contributed by atoms with van der Waals surface area (Å²) >= 11 is 0. The molecule has 1 aliphatic heterocycles. The summed E-state index contributed by atoms with van der Waals surface area (Å²) in [5.74, 6) is 0.0889. The molecule has 0 spiro atoms. The fourth-order valence-corrected chi connectivity index (χ4v) is 2.48. The van der Waals surface area contributed by atoms with Gasteiger partial charge in [-0.15, -0.1) is 0 Å². The van der Waals surface area contributed by atoms with Gasteiger partial charge in [0.05, 0.1) is 12.0 Å². The largest absolute Gasteiger partial charge is 0.393 e. The Morgan fingerprint density at radius 3 is 3.00 bits per heavy atom. The molecule has 1 heterocycles. The number of rotatable bonds is 4. The molecule has 0 saturated carbocycles. The third-order valence-corrected chi connectivity index (χ3v) is 3.64. The number of carbonyl (C=O) groups is 1. The minimum absolute atomic E-state index is 0.0588. The smallest absolute Gasteiger partial charge is 0.230 e. The molecule has 4 heteroatoms. The lowest BCUT2D eigenvalue weighted by Crippen LogP contribution is -2.36. The minimum atomic E-state index is -0.365. The highest BCUT2D eigenvalue weighted by atomic mass is 16.3. The van der Waals surface area contributed by atoms with E-state index in [9.17, 15) is 9.90 Å². The zero-order chi connectivity index (χ0) is 13.8. The van der Waals surface area contributed by atoms with Gasteiger partial charge in [-0.05, 0) is 31.4 Å². The van der Waals surface area contributed by atoms with E-state index < -0.39 is 0 Å². The van der Waals surface area contributed by atoms with Gasteiger partial charge >= 0.3 is 0 Å². The van der Waals surface area contributed by atoms with E-state index >= 15 is 0 Å². The molecule has 1 aliphatic rings.